The summed E-state index contributed by atoms with van der Waals surface area (Å²) in [5.74, 6) is -4.15. The molecule has 4 heterocycles. The highest BCUT2D eigenvalue weighted by atomic mass is 16.7. The maximum atomic E-state index is 14.8. The van der Waals surface area contributed by atoms with Crippen LogP contribution < -0.4 is 10.6 Å². The number of hydrogen-bond donors (Lipinski definition) is 2. The molecule has 1 aromatic carbocycles. The van der Waals surface area contributed by atoms with Crippen LogP contribution in [-0.2, 0) is 62.2 Å². The Morgan fingerprint density at radius 1 is 0.793 bits per heavy atom. The summed E-state index contributed by atoms with van der Waals surface area (Å²) in [5, 5.41) is 7.65. The highest BCUT2D eigenvalue weighted by Crippen LogP contribution is 2.53. The molecule has 456 valence electrons. The first-order chi connectivity index (χ1) is 39.1. The number of likely N-dealkylation sites (N-methyl/N-ethyl adjacent to an activating group) is 2. The smallest absolute Gasteiger partial charge is 0.306 e. The summed E-state index contributed by atoms with van der Waals surface area (Å²) in [6, 6.07) is 7.15. The summed E-state index contributed by atoms with van der Waals surface area (Å²) in [6.45, 7) is 16.2. The van der Waals surface area contributed by atoms with Gasteiger partial charge >= 0.3 is 5.97 Å². The number of hydroxylamine groups is 2. The fraction of sp³-hybridized carbons (Fsp3) is 0.721. The molecule has 10 atom stereocenters. The Bertz CT molecular complexity index is 2390. The number of carbonyl (C=O) groups excluding carboxylic acids is 9. The summed E-state index contributed by atoms with van der Waals surface area (Å²) in [5.41, 5.74) is -0.216. The third-order valence-corrected chi connectivity index (χ3v) is 17.6. The number of ether oxygens (including phenoxy) is 3. The van der Waals surface area contributed by atoms with Gasteiger partial charge in [0, 0.05) is 97.7 Å². The van der Waals surface area contributed by atoms with E-state index in [1.807, 2.05) is 83.8 Å². The third kappa shape index (κ3) is 16.1. The minimum Gasteiger partial charge on any atom is -0.462 e. The standard InChI is InChI=1S/C61H94N8O13/c1-12-41(6)55(47(79-10)37-51(73)67-31-18-23-46(67)56(80-11)42(7)57(75)63-61(60(78)69-33-16-17-36-81-69)38-45(61)43-21-14-13-15-22-43)65(9)59(77)53(39(2)3)62-58(76)54(40(4)5)64(8)30-20-25-52(74)82-44-28-34-66(35-29-44)48(70)24-19-32-68-49(71)26-27-50(68)72/h13-15,21-22,26-27,39-42,44-47,53-56H,12,16-20,23-25,28-38H2,1-11H3,(H,62,76)(H,63,75)/t41-,42+,45+,46-,47+,53-,54-,55-,56+,61-/m0/s1. The summed E-state index contributed by atoms with van der Waals surface area (Å²) >= 11 is 0. The molecule has 0 unspecified atom stereocenters. The Balaban J connectivity index is 1.01. The van der Waals surface area contributed by atoms with Crippen LogP contribution in [0.5, 0.6) is 0 Å². The molecule has 0 radical (unpaired) electrons. The zero-order chi connectivity index (χ0) is 60.0. The second-order valence-electron chi connectivity index (χ2n) is 24.0. The second-order valence-corrected chi connectivity index (χ2v) is 24.0. The van der Waals surface area contributed by atoms with Gasteiger partial charge in [-0.2, -0.15) is 0 Å². The van der Waals surface area contributed by atoms with Gasteiger partial charge < -0.3 is 39.5 Å². The summed E-state index contributed by atoms with van der Waals surface area (Å²) in [7, 11) is 6.61. The number of esters is 1. The Hall–Kier alpha value is -5.77. The van der Waals surface area contributed by atoms with Gasteiger partial charge in [-0.25, -0.2) is 5.06 Å². The van der Waals surface area contributed by atoms with Crippen molar-refractivity contribution >= 4 is 53.2 Å². The van der Waals surface area contributed by atoms with E-state index in [1.54, 1.807) is 35.8 Å². The first-order valence-corrected chi connectivity index (χ1v) is 30.0. The fourth-order valence-electron chi connectivity index (χ4n) is 12.7. The van der Waals surface area contributed by atoms with E-state index in [0.29, 0.717) is 90.7 Å². The van der Waals surface area contributed by atoms with Crippen molar-refractivity contribution < 1.29 is 62.2 Å². The lowest BCUT2D eigenvalue weighted by molar-refractivity contribution is -0.200. The average molecular weight is 1150 g/mol. The van der Waals surface area contributed by atoms with E-state index in [4.69, 9.17) is 19.0 Å². The number of nitrogens with zero attached hydrogens (tertiary/aromatic N) is 6. The molecule has 4 aliphatic heterocycles. The van der Waals surface area contributed by atoms with Gasteiger partial charge in [0.25, 0.3) is 17.7 Å². The molecule has 1 aromatic rings. The molecule has 8 amide bonds. The van der Waals surface area contributed by atoms with Crippen molar-refractivity contribution in [3.05, 3.63) is 48.0 Å². The molecule has 0 bridgehead atoms. The summed E-state index contributed by atoms with van der Waals surface area (Å²) < 4.78 is 18.0. The van der Waals surface area contributed by atoms with Gasteiger partial charge in [-0.3, -0.25) is 57.8 Å². The SMILES string of the molecule is CC[C@H](C)[C@@H]([C@@H](CC(=O)N1CCC[C@H]1[C@H](OC)[C@@H](C)C(=O)N[C@@]1(C(=O)N2CCCCO2)C[C@@H]1c1ccccc1)OC)N(C)C(=O)[C@@H](NC(=O)[C@H](C(C)C)N(C)CCCC(=O)OC1CCN(C(=O)CCCN2C(=O)C=CC2=O)CC1)C(C)C. The third-order valence-electron chi connectivity index (χ3n) is 17.6. The van der Waals surface area contributed by atoms with Gasteiger partial charge in [0.2, 0.25) is 29.5 Å². The van der Waals surface area contributed by atoms with E-state index >= 15 is 0 Å². The Morgan fingerprint density at radius 2 is 1.48 bits per heavy atom. The minimum absolute atomic E-state index is 0.0513. The molecule has 5 aliphatic rings. The number of amides is 8. The van der Waals surface area contributed by atoms with Gasteiger partial charge in [-0.15, -0.1) is 0 Å². The van der Waals surface area contributed by atoms with Crippen LogP contribution in [0, 0.1) is 23.7 Å². The second kappa shape index (κ2) is 30.2. The quantitative estimate of drug-likeness (QED) is 0.0824. The number of hydrogen-bond acceptors (Lipinski definition) is 14. The number of piperidine rings is 1. The van der Waals surface area contributed by atoms with Crippen molar-refractivity contribution in [2.24, 2.45) is 23.7 Å². The Labute approximate surface area is 485 Å². The lowest BCUT2D eigenvalue weighted by atomic mass is 9.89. The largest absolute Gasteiger partial charge is 0.462 e. The maximum absolute atomic E-state index is 14.8. The van der Waals surface area contributed by atoms with E-state index < -0.39 is 47.8 Å². The number of imide groups is 1. The lowest BCUT2D eigenvalue weighted by Gasteiger charge is -2.41. The van der Waals surface area contributed by atoms with Crippen molar-refractivity contribution in [1.29, 1.82) is 0 Å². The number of benzene rings is 1. The molecule has 3 saturated heterocycles. The predicted molar refractivity (Wildman–Crippen MR) is 306 cm³/mol. The molecular formula is C61H94N8O13. The molecule has 0 spiro atoms. The minimum atomic E-state index is -1.17. The predicted octanol–water partition coefficient (Wildman–Crippen LogP) is 4.62. The van der Waals surface area contributed by atoms with Crippen LogP contribution >= 0.6 is 0 Å². The zero-order valence-electron chi connectivity index (χ0n) is 50.6. The van der Waals surface area contributed by atoms with E-state index in [-0.39, 0.29) is 109 Å². The summed E-state index contributed by atoms with van der Waals surface area (Å²) in [4.78, 5) is 136. The van der Waals surface area contributed by atoms with Crippen LogP contribution in [0.4, 0.5) is 0 Å². The molecule has 21 nitrogen and oxygen atoms in total. The molecule has 4 fully saturated rings. The average Bonchev–Trinajstić information content (AvgIpc) is 2.18. The highest BCUT2D eigenvalue weighted by molar-refractivity contribution is 6.12. The van der Waals surface area contributed by atoms with E-state index in [0.717, 1.165) is 23.3 Å². The van der Waals surface area contributed by atoms with Crippen LogP contribution in [0.3, 0.4) is 0 Å². The van der Waals surface area contributed by atoms with Crippen LogP contribution in [0.1, 0.15) is 143 Å². The van der Waals surface area contributed by atoms with Gasteiger partial charge in [0.15, 0.2) is 0 Å². The van der Waals surface area contributed by atoms with Crippen molar-refractivity contribution in [2.75, 3.05) is 74.2 Å². The molecule has 21 heteroatoms. The van der Waals surface area contributed by atoms with Crippen molar-refractivity contribution in [2.45, 2.75) is 186 Å². The van der Waals surface area contributed by atoms with Gasteiger partial charge in [0.1, 0.15) is 17.7 Å². The van der Waals surface area contributed by atoms with Crippen molar-refractivity contribution in [3.8, 4) is 0 Å². The number of likely N-dealkylation sites (tertiary alicyclic amines) is 2. The van der Waals surface area contributed by atoms with Crippen LogP contribution in [-0.4, -0.2) is 205 Å². The number of carbonyl (C=O) groups is 9. The maximum Gasteiger partial charge on any atom is 0.306 e. The van der Waals surface area contributed by atoms with Crippen LogP contribution in [0.2, 0.25) is 0 Å². The first kappa shape index (κ1) is 65.4. The molecule has 82 heavy (non-hydrogen) atoms. The van der Waals surface area contributed by atoms with Gasteiger partial charge in [0.05, 0.1) is 49.3 Å². The van der Waals surface area contributed by atoms with Gasteiger partial charge in [-0.1, -0.05) is 85.2 Å². The molecule has 6 rings (SSSR count). The lowest BCUT2D eigenvalue weighted by Crippen LogP contribution is -2.60. The van der Waals surface area contributed by atoms with E-state index in [2.05, 4.69) is 10.6 Å². The van der Waals surface area contributed by atoms with Crippen molar-refractivity contribution in [3.63, 3.8) is 0 Å². The summed E-state index contributed by atoms with van der Waals surface area (Å²) in [6.07, 6.45) is 6.86. The highest BCUT2D eigenvalue weighted by Gasteiger charge is 2.64. The topological polar surface area (TPSA) is 234 Å². The molecular weight excluding hydrogens is 1050 g/mol. The molecule has 1 aliphatic carbocycles. The Kier molecular flexibility index (Phi) is 24.1. The monoisotopic (exact) mass is 1150 g/mol. The number of nitrogens with one attached hydrogen (secondary N) is 2. The Morgan fingerprint density at radius 3 is 2.07 bits per heavy atom. The number of methoxy groups -OCH3 is 2. The van der Waals surface area contributed by atoms with Crippen LogP contribution in [0.15, 0.2) is 42.5 Å². The molecule has 1 saturated carbocycles. The number of rotatable bonds is 29. The normalized spacial score (nSPS) is 22.9. The first-order valence-electron chi connectivity index (χ1n) is 30.0. The zero-order valence-corrected chi connectivity index (χ0v) is 50.6. The van der Waals surface area contributed by atoms with Crippen LogP contribution in [0.25, 0.3) is 0 Å². The van der Waals surface area contributed by atoms with E-state index in [1.165, 1.54) is 24.3 Å². The molecule has 2 N–H and O–H groups in total. The van der Waals surface area contributed by atoms with Gasteiger partial charge in [-0.05, 0) is 81.9 Å². The molecule has 0 aromatic heterocycles. The fourth-order valence-corrected chi connectivity index (χ4v) is 12.7. The van der Waals surface area contributed by atoms with E-state index in [9.17, 15) is 43.2 Å². The van der Waals surface area contributed by atoms with Crippen molar-refractivity contribution in [1.82, 2.24) is 40.2 Å².